The number of nitrogens with zero attached hydrogens (tertiary/aromatic N) is 2. The van der Waals surface area contributed by atoms with Crippen LogP contribution in [0, 0.1) is 17.8 Å². The molecule has 3 rings (SSSR count). The van der Waals surface area contributed by atoms with E-state index in [1.807, 2.05) is 34.1 Å². The van der Waals surface area contributed by atoms with Crippen LogP contribution in [-0.2, 0) is 9.59 Å². The van der Waals surface area contributed by atoms with E-state index in [4.69, 9.17) is 16.3 Å². The summed E-state index contributed by atoms with van der Waals surface area (Å²) in [4.78, 5) is 30.7. The number of likely N-dealkylation sites (tertiary alicyclic amines) is 1. The van der Waals surface area contributed by atoms with Crippen LogP contribution in [-0.4, -0.2) is 66.5 Å². The number of piperazine rings is 1. The third-order valence-electron chi connectivity index (χ3n) is 6.63. The summed E-state index contributed by atoms with van der Waals surface area (Å²) in [6.07, 6.45) is 3.30. The van der Waals surface area contributed by atoms with Gasteiger partial charge in [0.15, 0.2) is 0 Å². The summed E-state index contributed by atoms with van der Waals surface area (Å²) < 4.78 is 5.93. The highest BCUT2D eigenvalue weighted by atomic mass is 35.5. The standard InChI is InChI=1S/C26H40ClN3O3/c1-18(2)15-22-25(31)30(14-11-28-22)23(16-19(3)4)26(32)29-12-9-20(10-13-29)17-33-24-8-6-5-7-21(24)27/h5-8,18-20,22-23,28H,9-17H2,1-4H3/t22-,23-/m0/s1. The van der Waals surface area contributed by atoms with Gasteiger partial charge in [-0.2, -0.15) is 0 Å². The molecule has 0 bridgehead atoms. The van der Waals surface area contributed by atoms with Gasteiger partial charge in [0.2, 0.25) is 11.8 Å². The number of piperidine rings is 1. The molecule has 0 aromatic heterocycles. The minimum Gasteiger partial charge on any atom is -0.492 e. The van der Waals surface area contributed by atoms with Crippen molar-refractivity contribution in [2.75, 3.05) is 32.8 Å². The maximum absolute atomic E-state index is 13.6. The normalized spacial score (nSPS) is 21.1. The van der Waals surface area contributed by atoms with Crippen molar-refractivity contribution in [3.8, 4) is 5.75 Å². The molecule has 184 valence electrons. The summed E-state index contributed by atoms with van der Waals surface area (Å²) in [5.41, 5.74) is 0. The number of ether oxygens (including phenoxy) is 1. The predicted octanol–water partition coefficient (Wildman–Crippen LogP) is 4.22. The van der Waals surface area contributed by atoms with Gasteiger partial charge in [-0.25, -0.2) is 0 Å². The summed E-state index contributed by atoms with van der Waals surface area (Å²) in [6, 6.07) is 6.96. The zero-order valence-corrected chi connectivity index (χ0v) is 21.3. The van der Waals surface area contributed by atoms with Crippen LogP contribution in [0.1, 0.15) is 53.4 Å². The van der Waals surface area contributed by atoms with Crippen LogP contribution in [0.15, 0.2) is 24.3 Å². The molecular weight excluding hydrogens is 438 g/mol. The van der Waals surface area contributed by atoms with Crippen molar-refractivity contribution in [2.45, 2.75) is 65.5 Å². The molecule has 2 fully saturated rings. The SMILES string of the molecule is CC(C)C[C@@H]1NCCN([C@@H](CC(C)C)C(=O)N2CCC(COc3ccccc3Cl)CC2)C1=O. The number of amides is 2. The van der Waals surface area contributed by atoms with Crippen LogP contribution in [0.5, 0.6) is 5.75 Å². The average Bonchev–Trinajstić information content (AvgIpc) is 2.78. The molecule has 0 saturated carbocycles. The first kappa shape index (κ1) is 25.8. The quantitative estimate of drug-likeness (QED) is 0.578. The lowest BCUT2D eigenvalue weighted by Gasteiger charge is -2.42. The molecule has 0 aliphatic carbocycles. The van der Waals surface area contributed by atoms with Gasteiger partial charge in [-0.15, -0.1) is 0 Å². The van der Waals surface area contributed by atoms with Crippen molar-refractivity contribution >= 4 is 23.4 Å². The molecule has 1 aromatic rings. The Labute approximate surface area is 204 Å². The third kappa shape index (κ3) is 7.10. The van der Waals surface area contributed by atoms with E-state index in [2.05, 4.69) is 33.0 Å². The summed E-state index contributed by atoms with van der Waals surface area (Å²) in [5, 5.41) is 3.98. The van der Waals surface area contributed by atoms with Crippen molar-refractivity contribution in [3.05, 3.63) is 29.3 Å². The molecule has 33 heavy (non-hydrogen) atoms. The Bertz CT molecular complexity index is 793. The number of benzene rings is 1. The molecule has 0 unspecified atom stereocenters. The van der Waals surface area contributed by atoms with E-state index >= 15 is 0 Å². The number of carbonyl (C=O) groups excluding carboxylic acids is 2. The van der Waals surface area contributed by atoms with Crippen molar-refractivity contribution < 1.29 is 14.3 Å². The van der Waals surface area contributed by atoms with Gasteiger partial charge in [0.25, 0.3) is 0 Å². The van der Waals surface area contributed by atoms with Crippen molar-refractivity contribution in [1.29, 1.82) is 0 Å². The Balaban J connectivity index is 1.58. The van der Waals surface area contributed by atoms with Crippen LogP contribution >= 0.6 is 11.6 Å². The van der Waals surface area contributed by atoms with Gasteiger partial charge in [0.1, 0.15) is 11.8 Å². The summed E-state index contributed by atoms with van der Waals surface area (Å²) >= 11 is 6.19. The fourth-order valence-electron chi connectivity index (χ4n) is 4.83. The summed E-state index contributed by atoms with van der Waals surface area (Å²) in [5.74, 6) is 2.06. The zero-order chi connectivity index (χ0) is 24.0. The molecule has 7 heteroatoms. The molecule has 2 amide bonds. The van der Waals surface area contributed by atoms with E-state index in [-0.39, 0.29) is 23.9 Å². The van der Waals surface area contributed by atoms with Crippen LogP contribution in [0.4, 0.5) is 0 Å². The van der Waals surface area contributed by atoms with E-state index in [9.17, 15) is 9.59 Å². The van der Waals surface area contributed by atoms with Gasteiger partial charge in [-0.3, -0.25) is 9.59 Å². The van der Waals surface area contributed by atoms with E-state index in [1.165, 1.54) is 0 Å². The van der Waals surface area contributed by atoms with Crippen LogP contribution in [0.25, 0.3) is 0 Å². The molecule has 2 aliphatic rings. The molecule has 6 nitrogen and oxygen atoms in total. The topological polar surface area (TPSA) is 61.9 Å². The molecular formula is C26H40ClN3O3. The fraction of sp³-hybridized carbons (Fsp3) is 0.692. The monoisotopic (exact) mass is 477 g/mol. The Morgan fingerprint density at radius 1 is 1.12 bits per heavy atom. The number of para-hydroxylation sites is 1. The Morgan fingerprint density at radius 2 is 1.82 bits per heavy atom. The molecule has 0 radical (unpaired) electrons. The van der Waals surface area contributed by atoms with Gasteiger partial charge in [0, 0.05) is 26.2 Å². The number of hydrogen-bond acceptors (Lipinski definition) is 4. The minimum absolute atomic E-state index is 0.0805. The van der Waals surface area contributed by atoms with E-state index in [1.54, 1.807) is 0 Å². The molecule has 1 aromatic carbocycles. The first-order valence-electron chi connectivity index (χ1n) is 12.5. The smallest absolute Gasteiger partial charge is 0.245 e. The second-order valence-corrected chi connectivity index (χ2v) is 10.7. The highest BCUT2D eigenvalue weighted by Gasteiger charge is 2.39. The molecule has 2 atom stereocenters. The number of halogens is 1. The highest BCUT2D eigenvalue weighted by Crippen LogP contribution is 2.27. The lowest BCUT2D eigenvalue weighted by molar-refractivity contribution is -0.150. The van der Waals surface area contributed by atoms with Gasteiger partial charge in [-0.1, -0.05) is 51.4 Å². The zero-order valence-electron chi connectivity index (χ0n) is 20.6. The summed E-state index contributed by atoms with van der Waals surface area (Å²) in [7, 11) is 0. The second kappa shape index (κ2) is 12.1. The molecule has 0 spiro atoms. The van der Waals surface area contributed by atoms with E-state index < -0.39 is 0 Å². The average molecular weight is 478 g/mol. The number of hydrogen-bond donors (Lipinski definition) is 1. The minimum atomic E-state index is -0.370. The van der Waals surface area contributed by atoms with Gasteiger partial charge in [-0.05, 0) is 55.6 Å². The largest absolute Gasteiger partial charge is 0.492 e. The number of rotatable bonds is 9. The van der Waals surface area contributed by atoms with Gasteiger partial charge < -0.3 is 19.9 Å². The lowest BCUT2D eigenvalue weighted by Crippen LogP contribution is -2.62. The second-order valence-electron chi connectivity index (χ2n) is 10.3. The molecule has 1 N–H and O–H groups in total. The molecule has 2 aliphatic heterocycles. The first-order valence-corrected chi connectivity index (χ1v) is 12.8. The predicted molar refractivity (Wildman–Crippen MR) is 132 cm³/mol. The fourth-order valence-corrected chi connectivity index (χ4v) is 5.02. The third-order valence-corrected chi connectivity index (χ3v) is 6.94. The van der Waals surface area contributed by atoms with Gasteiger partial charge in [0.05, 0.1) is 17.7 Å². The Morgan fingerprint density at radius 3 is 2.45 bits per heavy atom. The molecule has 2 saturated heterocycles. The maximum atomic E-state index is 13.6. The maximum Gasteiger partial charge on any atom is 0.245 e. The van der Waals surface area contributed by atoms with Crippen LogP contribution < -0.4 is 10.1 Å². The number of carbonyl (C=O) groups is 2. The Kier molecular flexibility index (Phi) is 9.45. The van der Waals surface area contributed by atoms with Crippen LogP contribution in [0.2, 0.25) is 5.02 Å². The Hall–Kier alpha value is -1.79. The summed E-state index contributed by atoms with van der Waals surface area (Å²) in [6.45, 7) is 11.9. The van der Waals surface area contributed by atoms with E-state index in [0.29, 0.717) is 61.2 Å². The van der Waals surface area contributed by atoms with Crippen LogP contribution in [0.3, 0.4) is 0 Å². The molecule has 2 heterocycles. The first-order chi connectivity index (χ1) is 15.8. The highest BCUT2D eigenvalue weighted by molar-refractivity contribution is 6.32. The van der Waals surface area contributed by atoms with Crippen molar-refractivity contribution in [2.24, 2.45) is 17.8 Å². The van der Waals surface area contributed by atoms with Crippen molar-refractivity contribution in [1.82, 2.24) is 15.1 Å². The van der Waals surface area contributed by atoms with Gasteiger partial charge >= 0.3 is 0 Å². The lowest BCUT2D eigenvalue weighted by atomic mass is 9.94. The van der Waals surface area contributed by atoms with Crippen molar-refractivity contribution in [3.63, 3.8) is 0 Å². The number of nitrogens with one attached hydrogen (secondary N) is 1. The van der Waals surface area contributed by atoms with E-state index in [0.717, 1.165) is 25.8 Å².